The fourth-order valence-electron chi connectivity index (χ4n) is 2.74. The lowest BCUT2D eigenvalue weighted by molar-refractivity contribution is 0.609. The van der Waals surface area contributed by atoms with E-state index in [9.17, 15) is 0 Å². The number of hydrogen-bond acceptors (Lipinski definition) is 4. The molecule has 0 unspecified atom stereocenters. The van der Waals surface area contributed by atoms with E-state index < -0.39 is 0 Å². The molecule has 0 saturated heterocycles. The SMILES string of the molecule is CCCCCCCCc1ccc(-c2cccc3nsnc23)s1. The van der Waals surface area contributed by atoms with E-state index in [0.29, 0.717) is 0 Å². The minimum absolute atomic E-state index is 1.01. The van der Waals surface area contributed by atoms with Crippen molar-refractivity contribution in [3.63, 3.8) is 0 Å². The number of hydrogen-bond donors (Lipinski definition) is 0. The highest BCUT2D eigenvalue weighted by atomic mass is 32.1. The van der Waals surface area contributed by atoms with Crippen molar-refractivity contribution in [2.24, 2.45) is 0 Å². The lowest BCUT2D eigenvalue weighted by atomic mass is 10.1. The van der Waals surface area contributed by atoms with Crippen molar-refractivity contribution in [1.82, 2.24) is 8.75 Å². The third kappa shape index (κ3) is 3.73. The van der Waals surface area contributed by atoms with E-state index in [-0.39, 0.29) is 0 Å². The lowest BCUT2D eigenvalue weighted by Gasteiger charge is -2.00. The topological polar surface area (TPSA) is 25.8 Å². The van der Waals surface area contributed by atoms with Gasteiger partial charge in [-0.1, -0.05) is 51.2 Å². The first kappa shape index (κ1) is 15.6. The van der Waals surface area contributed by atoms with Crippen molar-refractivity contribution in [1.29, 1.82) is 0 Å². The summed E-state index contributed by atoms with van der Waals surface area (Å²) in [5, 5.41) is 0. The number of aromatic nitrogens is 2. The summed E-state index contributed by atoms with van der Waals surface area (Å²) < 4.78 is 8.78. The summed E-state index contributed by atoms with van der Waals surface area (Å²) in [6, 6.07) is 10.8. The number of unbranched alkanes of at least 4 members (excludes halogenated alkanes) is 5. The number of benzene rings is 1. The molecule has 0 bridgehead atoms. The molecule has 0 N–H and O–H groups in total. The van der Waals surface area contributed by atoms with E-state index in [1.807, 2.05) is 17.4 Å². The molecule has 2 aromatic heterocycles. The average Bonchev–Trinajstić information content (AvgIpc) is 3.19. The predicted molar refractivity (Wildman–Crippen MR) is 97.8 cm³/mol. The Hall–Kier alpha value is -1.26. The monoisotopic (exact) mass is 330 g/mol. The van der Waals surface area contributed by atoms with Crippen molar-refractivity contribution in [2.75, 3.05) is 0 Å². The molecule has 0 amide bonds. The van der Waals surface area contributed by atoms with Crippen molar-refractivity contribution in [3.05, 3.63) is 35.2 Å². The molecule has 0 saturated carbocycles. The standard InChI is InChI=1S/C18H22N2S2/c1-2-3-4-5-6-7-9-14-12-13-17(21-14)15-10-8-11-16-18(15)20-22-19-16/h8,10-13H,2-7,9H2,1H3. The van der Waals surface area contributed by atoms with Gasteiger partial charge in [0.1, 0.15) is 11.0 Å². The quantitative estimate of drug-likeness (QED) is 0.451. The zero-order chi connectivity index (χ0) is 15.2. The highest BCUT2D eigenvalue weighted by Crippen LogP contribution is 2.33. The summed E-state index contributed by atoms with van der Waals surface area (Å²) in [5.74, 6) is 0. The molecular weight excluding hydrogens is 308 g/mol. The number of nitrogens with zero attached hydrogens (tertiary/aromatic N) is 2. The first-order valence-electron chi connectivity index (χ1n) is 8.19. The fraction of sp³-hybridized carbons (Fsp3) is 0.444. The van der Waals surface area contributed by atoms with Crippen LogP contribution in [0.15, 0.2) is 30.3 Å². The lowest BCUT2D eigenvalue weighted by Crippen LogP contribution is -1.82. The fourth-order valence-corrected chi connectivity index (χ4v) is 4.37. The normalized spacial score (nSPS) is 11.3. The van der Waals surface area contributed by atoms with Crippen LogP contribution >= 0.6 is 23.1 Å². The van der Waals surface area contributed by atoms with E-state index in [1.54, 1.807) is 0 Å². The van der Waals surface area contributed by atoms with Crippen LogP contribution in [0.1, 0.15) is 50.3 Å². The Morgan fingerprint density at radius 3 is 2.68 bits per heavy atom. The second kappa shape index (κ2) is 7.84. The van der Waals surface area contributed by atoms with Crippen molar-refractivity contribution in [2.45, 2.75) is 51.9 Å². The minimum atomic E-state index is 1.01. The summed E-state index contributed by atoms with van der Waals surface area (Å²) in [4.78, 5) is 2.81. The van der Waals surface area contributed by atoms with Gasteiger partial charge in [-0.05, 0) is 31.0 Å². The Morgan fingerprint density at radius 1 is 0.909 bits per heavy atom. The smallest absolute Gasteiger partial charge is 0.113 e. The van der Waals surface area contributed by atoms with Crippen molar-refractivity contribution in [3.8, 4) is 10.4 Å². The maximum Gasteiger partial charge on any atom is 0.113 e. The molecule has 0 spiro atoms. The van der Waals surface area contributed by atoms with Gasteiger partial charge in [-0.2, -0.15) is 8.75 Å². The molecule has 1 aromatic carbocycles. The van der Waals surface area contributed by atoms with E-state index in [1.165, 1.54) is 72.0 Å². The van der Waals surface area contributed by atoms with E-state index in [4.69, 9.17) is 0 Å². The van der Waals surface area contributed by atoms with Crippen LogP contribution in [0.25, 0.3) is 21.5 Å². The average molecular weight is 331 g/mol. The Morgan fingerprint density at radius 2 is 1.77 bits per heavy atom. The summed E-state index contributed by atoms with van der Waals surface area (Å²) in [6.07, 6.45) is 9.37. The van der Waals surface area contributed by atoms with Crippen LogP contribution in [0.4, 0.5) is 0 Å². The van der Waals surface area contributed by atoms with Crippen LogP contribution in [-0.4, -0.2) is 8.75 Å². The molecule has 4 heteroatoms. The van der Waals surface area contributed by atoms with Crippen LogP contribution in [-0.2, 0) is 6.42 Å². The van der Waals surface area contributed by atoms with Crippen LogP contribution in [0, 0.1) is 0 Å². The third-order valence-corrected chi connectivity index (χ3v) is 5.71. The first-order chi connectivity index (χ1) is 10.9. The molecule has 3 rings (SSSR count). The van der Waals surface area contributed by atoms with E-state index in [2.05, 4.69) is 39.9 Å². The number of thiophene rings is 1. The molecule has 0 radical (unpaired) electrons. The maximum absolute atomic E-state index is 4.45. The molecular formula is C18H22N2S2. The molecule has 0 aliphatic rings. The highest BCUT2D eigenvalue weighted by Gasteiger charge is 2.09. The van der Waals surface area contributed by atoms with Gasteiger partial charge in [-0.15, -0.1) is 11.3 Å². The summed E-state index contributed by atoms with van der Waals surface area (Å²) in [7, 11) is 0. The molecule has 0 aliphatic heterocycles. The molecule has 0 atom stereocenters. The number of fused-ring (bicyclic) bond motifs is 1. The summed E-state index contributed by atoms with van der Waals surface area (Å²) >= 11 is 3.21. The minimum Gasteiger partial charge on any atom is -0.173 e. The molecule has 0 aliphatic carbocycles. The predicted octanol–water partition coefficient (Wildman–Crippen LogP) is 6.32. The van der Waals surface area contributed by atoms with Gasteiger partial charge in [-0.25, -0.2) is 0 Å². The largest absolute Gasteiger partial charge is 0.173 e. The van der Waals surface area contributed by atoms with Crippen molar-refractivity contribution < 1.29 is 0 Å². The molecule has 3 aromatic rings. The van der Waals surface area contributed by atoms with Gasteiger partial charge >= 0.3 is 0 Å². The molecule has 2 nitrogen and oxygen atoms in total. The first-order valence-corrected chi connectivity index (χ1v) is 9.73. The van der Waals surface area contributed by atoms with Gasteiger partial charge in [0.25, 0.3) is 0 Å². The second-order valence-electron chi connectivity index (χ2n) is 5.72. The zero-order valence-corrected chi connectivity index (χ0v) is 14.7. The third-order valence-electron chi connectivity index (χ3n) is 3.99. The van der Waals surface area contributed by atoms with Crippen LogP contribution in [0.3, 0.4) is 0 Å². The van der Waals surface area contributed by atoms with Crippen LogP contribution in [0.2, 0.25) is 0 Å². The molecule has 0 fully saturated rings. The molecule has 116 valence electrons. The maximum atomic E-state index is 4.45. The van der Waals surface area contributed by atoms with Gasteiger partial charge in [0.2, 0.25) is 0 Å². The highest BCUT2D eigenvalue weighted by molar-refractivity contribution is 7.15. The van der Waals surface area contributed by atoms with Gasteiger partial charge in [0, 0.05) is 15.3 Å². The van der Waals surface area contributed by atoms with E-state index in [0.717, 1.165) is 11.0 Å². The Kier molecular flexibility index (Phi) is 5.57. The Labute approximate surface area is 140 Å². The van der Waals surface area contributed by atoms with Gasteiger partial charge in [-0.3, -0.25) is 0 Å². The van der Waals surface area contributed by atoms with Gasteiger partial charge < -0.3 is 0 Å². The summed E-state index contributed by atoms with van der Waals surface area (Å²) in [6.45, 7) is 2.27. The molecule has 22 heavy (non-hydrogen) atoms. The zero-order valence-electron chi connectivity index (χ0n) is 13.0. The van der Waals surface area contributed by atoms with Crippen LogP contribution in [0.5, 0.6) is 0 Å². The number of aryl methyl sites for hydroxylation is 1. The summed E-state index contributed by atoms with van der Waals surface area (Å²) in [5.41, 5.74) is 3.28. The van der Waals surface area contributed by atoms with Crippen molar-refractivity contribution >= 4 is 34.1 Å². The second-order valence-corrected chi connectivity index (χ2v) is 7.42. The van der Waals surface area contributed by atoms with Gasteiger partial charge in [0.15, 0.2) is 0 Å². The van der Waals surface area contributed by atoms with E-state index >= 15 is 0 Å². The number of rotatable bonds is 8. The van der Waals surface area contributed by atoms with Gasteiger partial charge in [0.05, 0.1) is 11.7 Å². The molecule has 2 heterocycles. The Bertz CT molecular complexity index is 715. The Balaban J connectivity index is 1.60. The van der Waals surface area contributed by atoms with Crippen LogP contribution < -0.4 is 0 Å².